The molecule has 0 saturated carbocycles. The summed E-state index contributed by atoms with van der Waals surface area (Å²) in [6, 6.07) is 3.38. The Balaban J connectivity index is 2.75. The quantitative estimate of drug-likeness (QED) is 0.476. The van der Waals surface area contributed by atoms with E-state index in [9.17, 15) is 4.79 Å². The second-order valence-corrected chi connectivity index (χ2v) is 3.02. The van der Waals surface area contributed by atoms with Gasteiger partial charge in [-0.3, -0.25) is 0 Å². The number of nitriles is 1. The molecular weight excluding hydrogens is 220 g/mol. The minimum Gasteiger partial charge on any atom is -0.462 e. The molecule has 0 aliphatic carbocycles. The number of carbonyl (C=O) groups is 1. The lowest BCUT2D eigenvalue weighted by Gasteiger charge is -2.02. The van der Waals surface area contributed by atoms with E-state index >= 15 is 0 Å². The highest BCUT2D eigenvalue weighted by molar-refractivity contribution is 5.93. The number of nitrogens with one attached hydrogen (secondary N) is 1. The molecule has 6 nitrogen and oxygen atoms in total. The molecule has 1 rings (SSSR count). The summed E-state index contributed by atoms with van der Waals surface area (Å²) in [4.78, 5) is 19.3. The molecule has 0 aromatic carbocycles. The topological polar surface area (TPSA) is 87.9 Å². The van der Waals surface area contributed by atoms with Crippen molar-refractivity contribution in [2.75, 3.05) is 11.9 Å². The van der Waals surface area contributed by atoms with Crippen molar-refractivity contribution in [1.29, 1.82) is 5.26 Å². The molecule has 0 atom stereocenters. The molecule has 0 saturated heterocycles. The van der Waals surface area contributed by atoms with Crippen LogP contribution in [0.4, 0.5) is 5.82 Å². The van der Waals surface area contributed by atoms with Gasteiger partial charge >= 0.3 is 5.97 Å². The zero-order valence-electron chi connectivity index (χ0n) is 9.60. The molecule has 88 valence electrons. The highest BCUT2D eigenvalue weighted by Gasteiger charge is 2.09. The van der Waals surface area contributed by atoms with Crippen molar-refractivity contribution < 1.29 is 9.53 Å². The van der Waals surface area contributed by atoms with Crippen LogP contribution in [0.3, 0.4) is 0 Å². The van der Waals surface area contributed by atoms with Gasteiger partial charge < -0.3 is 10.1 Å². The van der Waals surface area contributed by atoms with Crippen molar-refractivity contribution in [3.63, 3.8) is 0 Å². The number of rotatable bonds is 4. The van der Waals surface area contributed by atoms with E-state index in [2.05, 4.69) is 15.3 Å². The van der Waals surface area contributed by atoms with Crippen molar-refractivity contribution in [2.45, 2.75) is 13.8 Å². The standard InChI is InChI=1S/C11H12N4O2/c1-3-17-11(16)9(6-12)7-14-10-4-5-13-8(2)15-10/h4-5,7H,3H2,1-2H3,(H,13,14,15)/b9-7-. The van der Waals surface area contributed by atoms with Gasteiger partial charge in [-0.05, 0) is 19.9 Å². The first-order chi connectivity index (χ1) is 8.17. The third kappa shape index (κ3) is 3.91. The number of aryl methyl sites for hydroxylation is 1. The molecular formula is C11H12N4O2. The smallest absolute Gasteiger partial charge is 0.350 e. The fraction of sp³-hybridized carbons (Fsp3) is 0.273. The van der Waals surface area contributed by atoms with E-state index in [1.165, 1.54) is 6.20 Å². The Morgan fingerprint density at radius 1 is 1.71 bits per heavy atom. The third-order valence-electron chi connectivity index (χ3n) is 1.76. The van der Waals surface area contributed by atoms with Crippen LogP contribution in [0.15, 0.2) is 24.0 Å². The molecule has 0 fully saturated rings. The zero-order valence-corrected chi connectivity index (χ0v) is 9.60. The van der Waals surface area contributed by atoms with Gasteiger partial charge in [0.05, 0.1) is 6.61 Å². The summed E-state index contributed by atoms with van der Waals surface area (Å²) in [6.07, 6.45) is 2.84. The lowest BCUT2D eigenvalue weighted by atomic mass is 10.3. The maximum absolute atomic E-state index is 11.3. The highest BCUT2D eigenvalue weighted by atomic mass is 16.5. The molecule has 1 N–H and O–H groups in total. The van der Waals surface area contributed by atoms with Crippen LogP contribution in [-0.2, 0) is 9.53 Å². The predicted molar refractivity (Wildman–Crippen MR) is 60.7 cm³/mol. The van der Waals surface area contributed by atoms with E-state index in [-0.39, 0.29) is 12.2 Å². The van der Waals surface area contributed by atoms with Crippen molar-refractivity contribution in [3.8, 4) is 6.07 Å². The van der Waals surface area contributed by atoms with Crippen molar-refractivity contribution in [3.05, 3.63) is 29.9 Å². The molecule has 0 aliphatic rings. The van der Waals surface area contributed by atoms with Gasteiger partial charge in [0.25, 0.3) is 0 Å². The Kier molecular flexibility index (Phi) is 4.63. The van der Waals surface area contributed by atoms with Crippen LogP contribution in [0.5, 0.6) is 0 Å². The largest absolute Gasteiger partial charge is 0.462 e. The molecule has 0 spiro atoms. The van der Waals surface area contributed by atoms with Crippen LogP contribution in [0, 0.1) is 18.3 Å². The van der Waals surface area contributed by atoms with Crippen molar-refractivity contribution in [2.24, 2.45) is 0 Å². The van der Waals surface area contributed by atoms with Crippen LogP contribution in [-0.4, -0.2) is 22.5 Å². The van der Waals surface area contributed by atoms with Gasteiger partial charge in [-0.25, -0.2) is 14.8 Å². The summed E-state index contributed by atoms with van der Waals surface area (Å²) >= 11 is 0. The SMILES string of the molecule is CCOC(=O)/C(C#N)=C\Nc1ccnc(C)n1. The summed E-state index contributed by atoms with van der Waals surface area (Å²) in [5.41, 5.74) is -0.108. The van der Waals surface area contributed by atoms with Crippen LogP contribution in [0.2, 0.25) is 0 Å². The lowest BCUT2D eigenvalue weighted by Crippen LogP contribution is -2.08. The normalized spacial score (nSPS) is 10.5. The summed E-state index contributed by atoms with van der Waals surface area (Å²) in [6.45, 7) is 3.64. The van der Waals surface area contributed by atoms with E-state index < -0.39 is 5.97 Å². The Morgan fingerprint density at radius 3 is 3.06 bits per heavy atom. The average molecular weight is 232 g/mol. The number of esters is 1. The highest BCUT2D eigenvalue weighted by Crippen LogP contribution is 2.03. The van der Waals surface area contributed by atoms with Crippen molar-refractivity contribution >= 4 is 11.8 Å². The summed E-state index contributed by atoms with van der Waals surface area (Å²) in [7, 11) is 0. The Labute approximate surface area is 99.0 Å². The van der Waals surface area contributed by atoms with Gasteiger partial charge in [-0.2, -0.15) is 5.26 Å². The Hall–Kier alpha value is -2.42. The fourth-order valence-corrected chi connectivity index (χ4v) is 1.03. The van der Waals surface area contributed by atoms with E-state index in [0.29, 0.717) is 11.6 Å². The van der Waals surface area contributed by atoms with Gasteiger partial charge in [-0.15, -0.1) is 0 Å². The maximum Gasteiger partial charge on any atom is 0.350 e. The number of carbonyl (C=O) groups excluding carboxylic acids is 1. The van der Waals surface area contributed by atoms with Gasteiger partial charge in [-0.1, -0.05) is 0 Å². The molecule has 0 unspecified atom stereocenters. The predicted octanol–water partition coefficient (Wildman–Crippen LogP) is 1.17. The molecule has 1 aromatic heterocycles. The second-order valence-electron chi connectivity index (χ2n) is 3.02. The minimum atomic E-state index is -0.659. The first-order valence-corrected chi connectivity index (χ1v) is 5.01. The van der Waals surface area contributed by atoms with Crippen molar-refractivity contribution in [1.82, 2.24) is 9.97 Å². The van der Waals surface area contributed by atoms with E-state index in [4.69, 9.17) is 10.00 Å². The average Bonchev–Trinajstić information content (AvgIpc) is 2.30. The lowest BCUT2D eigenvalue weighted by molar-refractivity contribution is -0.138. The Morgan fingerprint density at radius 2 is 2.47 bits per heavy atom. The number of nitrogens with zero attached hydrogens (tertiary/aromatic N) is 3. The summed E-state index contributed by atoms with van der Waals surface area (Å²) in [5, 5.41) is 11.5. The fourth-order valence-electron chi connectivity index (χ4n) is 1.03. The molecule has 1 heterocycles. The third-order valence-corrected chi connectivity index (χ3v) is 1.76. The van der Waals surface area contributed by atoms with E-state index in [1.54, 1.807) is 32.2 Å². The molecule has 6 heteroatoms. The monoisotopic (exact) mass is 232 g/mol. The number of aromatic nitrogens is 2. The first-order valence-electron chi connectivity index (χ1n) is 5.01. The zero-order chi connectivity index (χ0) is 12.7. The first kappa shape index (κ1) is 12.6. The van der Waals surface area contributed by atoms with Gasteiger partial charge in [0.2, 0.25) is 0 Å². The second kappa shape index (κ2) is 6.23. The Bertz CT molecular complexity index is 477. The van der Waals surface area contributed by atoms with Crippen LogP contribution in [0.1, 0.15) is 12.7 Å². The molecule has 17 heavy (non-hydrogen) atoms. The summed E-state index contributed by atoms with van der Waals surface area (Å²) in [5.74, 6) is 0.445. The number of hydrogen-bond acceptors (Lipinski definition) is 6. The van der Waals surface area contributed by atoms with Gasteiger partial charge in [0.15, 0.2) is 5.57 Å². The van der Waals surface area contributed by atoms with Gasteiger partial charge in [0.1, 0.15) is 17.7 Å². The minimum absolute atomic E-state index is 0.108. The summed E-state index contributed by atoms with van der Waals surface area (Å²) < 4.78 is 4.70. The van der Waals surface area contributed by atoms with Gasteiger partial charge in [0, 0.05) is 12.4 Å². The molecule has 1 aromatic rings. The molecule has 0 radical (unpaired) electrons. The number of hydrogen-bond donors (Lipinski definition) is 1. The number of anilines is 1. The number of ether oxygens (including phenoxy) is 1. The molecule has 0 aliphatic heterocycles. The molecule has 0 amide bonds. The van der Waals surface area contributed by atoms with E-state index in [1.807, 2.05) is 0 Å². The maximum atomic E-state index is 11.3. The van der Waals surface area contributed by atoms with Crippen LogP contribution >= 0.6 is 0 Å². The van der Waals surface area contributed by atoms with Crippen LogP contribution in [0.25, 0.3) is 0 Å². The van der Waals surface area contributed by atoms with E-state index in [0.717, 1.165) is 0 Å². The van der Waals surface area contributed by atoms with Crippen LogP contribution < -0.4 is 5.32 Å². The molecule has 0 bridgehead atoms.